The summed E-state index contributed by atoms with van der Waals surface area (Å²) >= 11 is 0. The summed E-state index contributed by atoms with van der Waals surface area (Å²) in [5.74, 6) is -0.534. The molecule has 1 heterocycles. The maximum atomic E-state index is 13.0. The maximum Gasteiger partial charge on any atom is 0.262 e. The van der Waals surface area contributed by atoms with Gasteiger partial charge >= 0.3 is 0 Å². The van der Waals surface area contributed by atoms with Gasteiger partial charge in [0.15, 0.2) is 6.61 Å². The van der Waals surface area contributed by atoms with E-state index in [1.165, 1.54) is 29.8 Å². The predicted molar refractivity (Wildman–Crippen MR) is 140 cm³/mol. The third-order valence-electron chi connectivity index (χ3n) is 6.26. The van der Waals surface area contributed by atoms with E-state index < -0.39 is 5.92 Å². The fraction of sp³-hybridized carbons (Fsp3) is 0.276. The van der Waals surface area contributed by atoms with Crippen LogP contribution in [-0.2, 0) is 20.9 Å². The van der Waals surface area contributed by atoms with Gasteiger partial charge in [0.2, 0.25) is 11.8 Å². The minimum absolute atomic E-state index is 0.117. The molecule has 0 aromatic heterocycles. The number of amides is 3. The van der Waals surface area contributed by atoms with Crippen LogP contribution in [0.3, 0.4) is 0 Å². The zero-order valence-corrected chi connectivity index (χ0v) is 20.9. The summed E-state index contributed by atoms with van der Waals surface area (Å²) in [6.07, 6.45) is 0.153. The fourth-order valence-electron chi connectivity index (χ4n) is 4.09. The lowest BCUT2D eigenvalue weighted by Crippen LogP contribution is -2.32. The lowest BCUT2D eigenvalue weighted by Gasteiger charge is -2.17. The number of benzene rings is 3. The smallest absolute Gasteiger partial charge is 0.262 e. The molecule has 2 N–H and O–H groups in total. The lowest BCUT2D eigenvalue weighted by molar-refractivity contribution is -0.126. The second-order valence-corrected chi connectivity index (χ2v) is 9.36. The Balaban J connectivity index is 1.25. The number of carbonyl (C=O) groups is 3. The van der Waals surface area contributed by atoms with E-state index in [0.717, 1.165) is 5.56 Å². The molecule has 4 rings (SSSR count). The van der Waals surface area contributed by atoms with Gasteiger partial charge in [0.25, 0.3) is 5.91 Å². The van der Waals surface area contributed by atoms with Crippen molar-refractivity contribution in [3.63, 3.8) is 0 Å². The highest BCUT2D eigenvalue weighted by molar-refractivity contribution is 6.00. The summed E-state index contributed by atoms with van der Waals surface area (Å²) in [6, 6.07) is 20.4. The Morgan fingerprint density at radius 3 is 2.32 bits per heavy atom. The largest absolute Gasteiger partial charge is 0.484 e. The predicted octanol–water partition coefficient (Wildman–Crippen LogP) is 4.64. The van der Waals surface area contributed by atoms with Gasteiger partial charge in [-0.05, 0) is 65.6 Å². The van der Waals surface area contributed by atoms with Crippen molar-refractivity contribution in [3.05, 3.63) is 89.7 Å². The minimum atomic E-state index is -0.423. The van der Waals surface area contributed by atoms with E-state index in [0.29, 0.717) is 36.1 Å². The molecule has 0 aliphatic carbocycles. The standard InChI is InChI=1S/C29H30FN3O4/c1-19(2)21-5-3-20(4-6-21)16-31-29(36)22-15-28(35)33(17-22)25-11-13-26(14-12-25)37-18-27(34)32-24-9-7-23(30)8-10-24/h3-14,19,22H,15-18H2,1-2H3,(H,31,36)(H,32,34)/t22-/m1/s1. The van der Waals surface area contributed by atoms with Crippen molar-refractivity contribution < 1.29 is 23.5 Å². The van der Waals surface area contributed by atoms with Crippen molar-refractivity contribution in [3.8, 4) is 5.75 Å². The normalized spacial score (nSPS) is 15.1. The Hall–Kier alpha value is -4.20. The molecule has 1 aliphatic rings. The van der Waals surface area contributed by atoms with E-state index in [1.807, 2.05) is 12.1 Å². The summed E-state index contributed by atoms with van der Waals surface area (Å²) in [5, 5.41) is 5.57. The van der Waals surface area contributed by atoms with Crippen LogP contribution in [0.15, 0.2) is 72.8 Å². The van der Waals surface area contributed by atoms with Gasteiger partial charge in [-0.15, -0.1) is 0 Å². The average Bonchev–Trinajstić information content (AvgIpc) is 3.29. The number of ether oxygens (including phenoxy) is 1. The van der Waals surface area contributed by atoms with Crippen molar-refractivity contribution in [1.82, 2.24) is 5.32 Å². The topological polar surface area (TPSA) is 87.7 Å². The van der Waals surface area contributed by atoms with Crippen molar-refractivity contribution in [2.75, 3.05) is 23.4 Å². The van der Waals surface area contributed by atoms with Gasteiger partial charge in [-0.1, -0.05) is 38.1 Å². The van der Waals surface area contributed by atoms with Gasteiger partial charge in [-0.2, -0.15) is 0 Å². The SMILES string of the molecule is CC(C)c1ccc(CNC(=O)[C@@H]2CC(=O)N(c3ccc(OCC(=O)Nc4ccc(F)cc4)cc3)C2)cc1. The van der Waals surface area contributed by atoms with Crippen LogP contribution in [0.5, 0.6) is 5.75 Å². The van der Waals surface area contributed by atoms with E-state index in [1.54, 1.807) is 29.2 Å². The molecule has 7 nitrogen and oxygen atoms in total. The first-order valence-electron chi connectivity index (χ1n) is 12.2. The van der Waals surface area contributed by atoms with Gasteiger partial charge in [0, 0.05) is 30.9 Å². The van der Waals surface area contributed by atoms with Crippen LogP contribution in [-0.4, -0.2) is 30.9 Å². The van der Waals surface area contributed by atoms with E-state index in [9.17, 15) is 18.8 Å². The molecule has 3 aromatic carbocycles. The van der Waals surface area contributed by atoms with Crippen LogP contribution in [0.25, 0.3) is 0 Å². The number of hydrogen-bond donors (Lipinski definition) is 2. The van der Waals surface area contributed by atoms with Crippen LogP contribution >= 0.6 is 0 Å². The van der Waals surface area contributed by atoms with Crippen LogP contribution < -0.4 is 20.3 Å². The number of nitrogens with one attached hydrogen (secondary N) is 2. The Labute approximate surface area is 215 Å². The van der Waals surface area contributed by atoms with Crippen molar-refractivity contribution in [1.29, 1.82) is 0 Å². The second kappa shape index (κ2) is 11.7. The molecule has 8 heteroatoms. The quantitative estimate of drug-likeness (QED) is 0.446. The number of hydrogen-bond acceptors (Lipinski definition) is 4. The van der Waals surface area contributed by atoms with E-state index in [-0.39, 0.29) is 36.6 Å². The summed E-state index contributed by atoms with van der Waals surface area (Å²) in [5.41, 5.74) is 3.39. The zero-order valence-electron chi connectivity index (χ0n) is 20.9. The van der Waals surface area contributed by atoms with Gasteiger partial charge in [-0.3, -0.25) is 14.4 Å². The summed E-state index contributed by atoms with van der Waals surface area (Å²) in [4.78, 5) is 38.9. The molecule has 1 saturated heterocycles. The van der Waals surface area contributed by atoms with Crippen molar-refractivity contribution in [2.24, 2.45) is 5.92 Å². The molecule has 0 saturated carbocycles. The Morgan fingerprint density at radius 1 is 1.00 bits per heavy atom. The van der Waals surface area contributed by atoms with E-state index in [2.05, 4.69) is 36.6 Å². The first kappa shape index (κ1) is 25.9. The van der Waals surface area contributed by atoms with Crippen LogP contribution in [0.2, 0.25) is 0 Å². The third kappa shape index (κ3) is 6.94. The van der Waals surface area contributed by atoms with Crippen molar-refractivity contribution in [2.45, 2.75) is 32.7 Å². The molecule has 3 aromatic rings. The maximum absolute atomic E-state index is 13.0. The Bertz CT molecular complexity index is 1240. The first-order chi connectivity index (χ1) is 17.8. The van der Waals surface area contributed by atoms with Gasteiger partial charge in [-0.25, -0.2) is 4.39 Å². The lowest BCUT2D eigenvalue weighted by atomic mass is 10.0. The molecule has 0 radical (unpaired) electrons. The van der Waals surface area contributed by atoms with E-state index in [4.69, 9.17) is 4.74 Å². The van der Waals surface area contributed by atoms with E-state index >= 15 is 0 Å². The molecule has 3 amide bonds. The van der Waals surface area contributed by atoms with Gasteiger partial charge in [0.1, 0.15) is 11.6 Å². The molecular weight excluding hydrogens is 473 g/mol. The number of carbonyl (C=O) groups excluding carboxylic acids is 3. The van der Waals surface area contributed by atoms with Gasteiger partial charge in [0.05, 0.1) is 5.92 Å². The third-order valence-corrected chi connectivity index (χ3v) is 6.26. The molecule has 1 atom stereocenters. The monoisotopic (exact) mass is 503 g/mol. The average molecular weight is 504 g/mol. The minimum Gasteiger partial charge on any atom is -0.484 e. The summed E-state index contributed by atoms with van der Waals surface area (Å²) in [7, 11) is 0. The van der Waals surface area contributed by atoms with Crippen LogP contribution in [0.1, 0.15) is 37.3 Å². The van der Waals surface area contributed by atoms with Crippen LogP contribution in [0, 0.1) is 11.7 Å². The highest BCUT2D eigenvalue weighted by Gasteiger charge is 2.35. The molecule has 192 valence electrons. The molecule has 0 bridgehead atoms. The molecule has 1 aliphatic heterocycles. The number of rotatable bonds is 9. The number of anilines is 2. The summed E-state index contributed by atoms with van der Waals surface area (Å²) in [6.45, 7) is 4.77. The van der Waals surface area contributed by atoms with Crippen LogP contribution in [0.4, 0.5) is 15.8 Å². The number of nitrogens with zero attached hydrogens (tertiary/aromatic N) is 1. The first-order valence-corrected chi connectivity index (χ1v) is 12.2. The highest BCUT2D eigenvalue weighted by Crippen LogP contribution is 2.27. The van der Waals surface area contributed by atoms with Gasteiger partial charge < -0.3 is 20.3 Å². The molecule has 37 heavy (non-hydrogen) atoms. The number of halogens is 1. The molecular formula is C29H30FN3O4. The Kier molecular flexibility index (Phi) is 8.18. The molecule has 1 fully saturated rings. The molecule has 0 spiro atoms. The Morgan fingerprint density at radius 2 is 1.68 bits per heavy atom. The highest BCUT2D eigenvalue weighted by atomic mass is 19.1. The summed E-state index contributed by atoms with van der Waals surface area (Å²) < 4.78 is 18.5. The molecule has 0 unspecified atom stereocenters. The van der Waals surface area contributed by atoms with Crippen molar-refractivity contribution >= 4 is 29.1 Å². The second-order valence-electron chi connectivity index (χ2n) is 9.36. The zero-order chi connectivity index (χ0) is 26.4. The fourth-order valence-corrected chi connectivity index (χ4v) is 4.09.